The minimum atomic E-state index is -0.876. The molecule has 9 nitrogen and oxygen atoms in total. The van der Waals surface area contributed by atoms with Crippen LogP contribution < -0.4 is 15.5 Å². The zero-order valence-corrected chi connectivity index (χ0v) is 16.5. The highest BCUT2D eigenvalue weighted by Crippen LogP contribution is 2.51. The van der Waals surface area contributed by atoms with E-state index in [1.54, 1.807) is 36.3 Å². The van der Waals surface area contributed by atoms with Crippen molar-refractivity contribution in [3.05, 3.63) is 30.1 Å². The normalized spacial score (nSPS) is 21.1. The minimum Gasteiger partial charge on any atom is -0.351 e. The summed E-state index contributed by atoms with van der Waals surface area (Å²) < 4.78 is 1.50. The van der Waals surface area contributed by atoms with E-state index in [-0.39, 0.29) is 17.7 Å². The third-order valence-electron chi connectivity index (χ3n) is 5.59. The molecule has 0 aromatic carbocycles. The maximum Gasteiger partial charge on any atom is 0.269 e. The summed E-state index contributed by atoms with van der Waals surface area (Å²) in [5.41, 5.74) is 0.257. The molecule has 1 aliphatic carbocycles. The Morgan fingerprint density at radius 2 is 2.17 bits per heavy atom. The number of hydrogen-bond acceptors (Lipinski definition) is 6. The van der Waals surface area contributed by atoms with Crippen LogP contribution in [0.25, 0.3) is 0 Å². The summed E-state index contributed by atoms with van der Waals surface area (Å²) in [5.74, 6) is 0.863. The van der Waals surface area contributed by atoms with E-state index in [4.69, 9.17) is 0 Å². The monoisotopic (exact) mass is 393 g/mol. The van der Waals surface area contributed by atoms with Gasteiger partial charge in [0.2, 0.25) is 5.91 Å². The van der Waals surface area contributed by atoms with Crippen molar-refractivity contribution in [1.29, 1.82) is 5.26 Å². The molecule has 0 spiro atoms. The van der Waals surface area contributed by atoms with Crippen molar-refractivity contribution in [3.8, 4) is 6.07 Å². The zero-order chi connectivity index (χ0) is 20.6. The van der Waals surface area contributed by atoms with E-state index >= 15 is 0 Å². The zero-order valence-electron chi connectivity index (χ0n) is 16.5. The molecule has 1 saturated carbocycles. The van der Waals surface area contributed by atoms with Crippen molar-refractivity contribution < 1.29 is 9.59 Å². The number of amides is 2. The molecule has 2 amide bonds. The van der Waals surface area contributed by atoms with E-state index in [9.17, 15) is 14.9 Å². The summed E-state index contributed by atoms with van der Waals surface area (Å²) >= 11 is 0. The molecule has 2 N–H and O–H groups in total. The lowest BCUT2D eigenvalue weighted by Crippen LogP contribution is -2.35. The number of hydrogen-bond donors (Lipinski definition) is 2. The highest BCUT2D eigenvalue weighted by molar-refractivity contribution is 6.02. The quantitative estimate of drug-likeness (QED) is 0.775. The Balaban J connectivity index is 1.53. The second-order valence-corrected chi connectivity index (χ2v) is 7.49. The van der Waals surface area contributed by atoms with Crippen LogP contribution in [0.5, 0.6) is 0 Å². The van der Waals surface area contributed by atoms with Gasteiger partial charge in [0.25, 0.3) is 5.91 Å². The number of nitriles is 1. The number of aromatic nitrogens is 3. The first-order chi connectivity index (χ1) is 14.0. The fraction of sp³-hybridized carbons (Fsp3) is 0.450. The van der Waals surface area contributed by atoms with Gasteiger partial charge in [-0.2, -0.15) is 10.4 Å². The molecule has 1 atom stereocenters. The van der Waals surface area contributed by atoms with Gasteiger partial charge in [0, 0.05) is 44.2 Å². The largest absolute Gasteiger partial charge is 0.351 e. The highest BCUT2D eigenvalue weighted by atomic mass is 16.2. The van der Waals surface area contributed by atoms with E-state index in [1.807, 2.05) is 6.92 Å². The second-order valence-electron chi connectivity index (χ2n) is 7.49. The van der Waals surface area contributed by atoms with Crippen molar-refractivity contribution in [2.45, 2.75) is 26.2 Å². The summed E-state index contributed by atoms with van der Waals surface area (Å²) in [5, 5.41) is 19.8. The second kappa shape index (κ2) is 7.20. The molecular formula is C20H23N7O2. The summed E-state index contributed by atoms with van der Waals surface area (Å²) in [6.45, 7) is 2.91. The Hall–Kier alpha value is -3.41. The number of nitrogens with one attached hydrogen (secondary N) is 2. The molecule has 29 heavy (non-hydrogen) atoms. The Labute approximate surface area is 168 Å². The van der Waals surface area contributed by atoms with Crippen LogP contribution in [0, 0.1) is 22.7 Å². The van der Waals surface area contributed by atoms with Gasteiger partial charge in [-0.3, -0.25) is 14.3 Å². The molecule has 9 heteroatoms. The first-order valence-corrected chi connectivity index (χ1v) is 9.77. The number of anilines is 3. The average molecular weight is 393 g/mol. The van der Waals surface area contributed by atoms with Gasteiger partial charge in [-0.1, -0.05) is 0 Å². The molecule has 3 heterocycles. The van der Waals surface area contributed by atoms with E-state index in [2.05, 4.69) is 26.8 Å². The van der Waals surface area contributed by atoms with Crippen molar-refractivity contribution in [1.82, 2.24) is 20.1 Å². The van der Waals surface area contributed by atoms with Crippen LogP contribution >= 0.6 is 0 Å². The van der Waals surface area contributed by atoms with E-state index in [0.29, 0.717) is 42.5 Å². The van der Waals surface area contributed by atoms with Gasteiger partial charge in [-0.15, -0.1) is 0 Å². The minimum absolute atomic E-state index is 0.115. The van der Waals surface area contributed by atoms with Crippen LogP contribution in [0.4, 0.5) is 17.3 Å². The summed E-state index contributed by atoms with van der Waals surface area (Å²) in [6, 6.07) is 7.48. The molecule has 2 fully saturated rings. The standard InChI is InChI=1S/C20H23N7O2/c1-3-22-18(28)15-11-17(25-26(15)2)24-16-10-14(6-8-23-16)27-9-7-20(12-21,19(27)29)13-4-5-13/h6,8,10-11,13H,3-5,7,9H2,1-2H3,(H,22,28)(H,23,24,25)/t20-/m1/s1. The molecule has 2 aliphatic rings. The fourth-order valence-corrected chi connectivity index (χ4v) is 3.91. The van der Waals surface area contributed by atoms with Crippen LogP contribution in [-0.2, 0) is 11.8 Å². The molecule has 0 bridgehead atoms. The van der Waals surface area contributed by atoms with Crippen LogP contribution in [0.2, 0.25) is 0 Å². The first kappa shape index (κ1) is 18.9. The molecular weight excluding hydrogens is 370 g/mol. The Morgan fingerprint density at radius 1 is 1.38 bits per heavy atom. The van der Waals surface area contributed by atoms with Gasteiger partial charge in [0.05, 0.1) is 6.07 Å². The Kier molecular flexibility index (Phi) is 4.70. The molecule has 2 aromatic rings. The third-order valence-corrected chi connectivity index (χ3v) is 5.59. The molecule has 4 rings (SSSR count). The topological polar surface area (TPSA) is 116 Å². The predicted octanol–water partition coefficient (Wildman–Crippen LogP) is 1.97. The van der Waals surface area contributed by atoms with Gasteiger partial charge >= 0.3 is 0 Å². The molecule has 0 unspecified atom stereocenters. The number of aryl methyl sites for hydroxylation is 1. The number of rotatable bonds is 6. The van der Waals surface area contributed by atoms with Crippen LogP contribution in [-0.4, -0.2) is 39.7 Å². The maximum absolute atomic E-state index is 13.0. The number of nitrogens with zero attached hydrogens (tertiary/aromatic N) is 5. The fourth-order valence-electron chi connectivity index (χ4n) is 3.91. The summed E-state index contributed by atoms with van der Waals surface area (Å²) in [7, 11) is 1.70. The smallest absolute Gasteiger partial charge is 0.269 e. The van der Waals surface area contributed by atoms with Crippen LogP contribution in [0.15, 0.2) is 24.4 Å². The highest BCUT2D eigenvalue weighted by Gasteiger charge is 2.56. The molecule has 150 valence electrons. The van der Waals surface area contributed by atoms with Crippen molar-refractivity contribution in [2.75, 3.05) is 23.3 Å². The first-order valence-electron chi connectivity index (χ1n) is 9.77. The van der Waals surface area contributed by atoms with Gasteiger partial charge in [0.15, 0.2) is 5.82 Å². The lowest BCUT2D eigenvalue weighted by Gasteiger charge is -2.21. The Bertz CT molecular complexity index is 1000. The molecule has 0 radical (unpaired) electrons. The SMILES string of the molecule is CCNC(=O)c1cc(Nc2cc(N3CC[C@@](C#N)(C4CC4)C3=O)ccn2)nn1C. The lowest BCUT2D eigenvalue weighted by molar-refractivity contribution is -0.123. The van der Waals surface area contributed by atoms with E-state index in [0.717, 1.165) is 12.8 Å². The van der Waals surface area contributed by atoms with Crippen LogP contribution in [0.3, 0.4) is 0 Å². The van der Waals surface area contributed by atoms with Gasteiger partial charge in [0.1, 0.15) is 16.9 Å². The predicted molar refractivity (Wildman–Crippen MR) is 106 cm³/mol. The average Bonchev–Trinajstić information content (AvgIpc) is 3.41. The summed E-state index contributed by atoms with van der Waals surface area (Å²) in [4.78, 5) is 31.0. The van der Waals surface area contributed by atoms with Crippen LogP contribution in [0.1, 0.15) is 36.7 Å². The maximum atomic E-state index is 13.0. The number of carbonyl (C=O) groups is 2. The van der Waals surface area contributed by atoms with E-state index in [1.165, 1.54) is 4.68 Å². The molecule has 1 aliphatic heterocycles. The Morgan fingerprint density at radius 3 is 2.86 bits per heavy atom. The number of carbonyl (C=O) groups excluding carboxylic acids is 2. The summed E-state index contributed by atoms with van der Waals surface area (Å²) in [6.07, 6.45) is 4.07. The molecule has 2 aromatic heterocycles. The van der Waals surface area contributed by atoms with Gasteiger partial charge < -0.3 is 15.5 Å². The van der Waals surface area contributed by atoms with Crippen molar-refractivity contribution in [3.63, 3.8) is 0 Å². The third kappa shape index (κ3) is 3.31. The van der Waals surface area contributed by atoms with Crippen molar-refractivity contribution >= 4 is 29.1 Å². The van der Waals surface area contributed by atoms with Gasteiger partial charge in [-0.05, 0) is 38.2 Å². The number of pyridine rings is 1. The van der Waals surface area contributed by atoms with Crippen molar-refractivity contribution in [2.24, 2.45) is 18.4 Å². The van der Waals surface area contributed by atoms with E-state index < -0.39 is 5.41 Å². The molecule has 1 saturated heterocycles. The lowest BCUT2D eigenvalue weighted by atomic mass is 9.83. The van der Waals surface area contributed by atoms with Gasteiger partial charge in [-0.25, -0.2) is 4.98 Å².